The Morgan fingerprint density at radius 3 is 2.75 bits per heavy atom. The molecule has 88 valence electrons. The van der Waals surface area contributed by atoms with E-state index < -0.39 is 0 Å². The SMILES string of the molecule is CNC(CCC1CC1)c1ccc(C)cc1Br. The fraction of sp³-hybridized carbons (Fsp3) is 0.571. The second kappa shape index (κ2) is 5.33. The highest BCUT2D eigenvalue weighted by atomic mass is 79.9. The summed E-state index contributed by atoms with van der Waals surface area (Å²) in [6.07, 6.45) is 5.52. The van der Waals surface area contributed by atoms with Crippen LogP contribution in [0.3, 0.4) is 0 Å². The van der Waals surface area contributed by atoms with Gasteiger partial charge in [-0.1, -0.05) is 40.9 Å². The third kappa shape index (κ3) is 3.08. The van der Waals surface area contributed by atoms with Crippen LogP contribution in [-0.4, -0.2) is 7.05 Å². The van der Waals surface area contributed by atoms with Crippen molar-refractivity contribution in [2.45, 2.75) is 38.6 Å². The topological polar surface area (TPSA) is 12.0 Å². The molecule has 1 nitrogen and oxygen atoms in total. The van der Waals surface area contributed by atoms with Gasteiger partial charge in [0.1, 0.15) is 0 Å². The van der Waals surface area contributed by atoms with Gasteiger partial charge in [-0.2, -0.15) is 0 Å². The summed E-state index contributed by atoms with van der Waals surface area (Å²) in [5.41, 5.74) is 2.71. The van der Waals surface area contributed by atoms with Crippen molar-refractivity contribution in [1.82, 2.24) is 5.32 Å². The van der Waals surface area contributed by atoms with Crippen LogP contribution in [-0.2, 0) is 0 Å². The summed E-state index contributed by atoms with van der Waals surface area (Å²) in [6.45, 7) is 2.13. The number of benzene rings is 1. The summed E-state index contributed by atoms with van der Waals surface area (Å²) in [4.78, 5) is 0. The highest BCUT2D eigenvalue weighted by Crippen LogP contribution is 2.36. The number of halogens is 1. The zero-order valence-corrected chi connectivity index (χ0v) is 11.7. The summed E-state index contributed by atoms with van der Waals surface area (Å²) in [5, 5.41) is 3.43. The predicted molar refractivity (Wildman–Crippen MR) is 72.6 cm³/mol. The third-order valence-corrected chi connectivity index (χ3v) is 4.13. The molecular weight excluding hydrogens is 262 g/mol. The summed E-state index contributed by atoms with van der Waals surface area (Å²) in [5.74, 6) is 1.01. The number of nitrogens with one attached hydrogen (secondary N) is 1. The Morgan fingerprint density at radius 1 is 1.44 bits per heavy atom. The maximum Gasteiger partial charge on any atom is 0.0328 e. The van der Waals surface area contributed by atoms with Gasteiger partial charge in [0.05, 0.1) is 0 Å². The van der Waals surface area contributed by atoms with Crippen molar-refractivity contribution in [1.29, 1.82) is 0 Å². The number of rotatable bonds is 5. The minimum Gasteiger partial charge on any atom is -0.313 e. The number of hydrogen-bond acceptors (Lipinski definition) is 1. The summed E-state index contributed by atoms with van der Waals surface area (Å²) in [7, 11) is 2.06. The van der Waals surface area contributed by atoms with Gasteiger partial charge in [0, 0.05) is 10.5 Å². The highest BCUT2D eigenvalue weighted by molar-refractivity contribution is 9.10. The fourth-order valence-electron chi connectivity index (χ4n) is 2.18. The second-order valence-electron chi connectivity index (χ2n) is 4.89. The Hall–Kier alpha value is -0.340. The molecule has 0 heterocycles. The average molecular weight is 282 g/mol. The van der Waals surface area contributed by atoms with Gasteiger partial charge in [-0.15, -0.1) is 0 Å². The lowest BCUT2D eigenvalue weighted by atomic mass is 9.99. The molecule has 1 N–H and O–H groups in total. The molecule has 2 rings (SSSR count). The Balaban J connectivity index is 2.05. The lowest BCUT2D eigenvalue weighted by molar-refractivity contribution is 0.505. The maximum absolute atomic E-state index is 3.67. The molecule has 0 bridgehead atoms. The second-order valence-corrected chi connectivity index (χ2v) is 5.74. The first-order chi connectivity index (χ1) is 7.70. The molecule has 1 fully saturated rings. The minimum atomic E-state index is 0.496. The van der Waals surface area contributed by atoms with Gasteiger partial charge in [0.25, 0.3) is 0 Å². The van der Waals surface area contributed by atoms with Crippen molar-refractivity contribution < 1.29 is 0 Å². The monoisotopic (exact) mass is 281 g/mol. The Morgan fingerprint density at radius 2 is 2.19 bits per heavy atom. The van der Waals surface area contributed by atoms with E-state index >= 15 is 0 Å². The van der Waals surface area contributed by atoms with Crippen molar-refractivity contribution in [3.05, 3.63) is 33.8 Å². The average Bonchev–Trinajstić information content (AvgIpc) is 3.05. The van der Waals surface area contributed by atoms with Crippen LogP contribution in [0.25, 0.3) is 0 Å². The van der Waals surface area contributed by atoms with Gasteiger partial charge >= 0.3 is 0 Å². The number of hydrogen-bond donors (Lipinski definition) is 1. The first-order valence-corrected chi connectivity index (χ1v) is 6.93. The van der Waals surface area contributed by atoms with Crippen molar-refractivity contribution in [3.8, 4) is 0 Å². The van der Waals surface area contributed by atoms with Gasteiger partial charge in [-0.05, 0) is 49.9 Å². The smallest absolute Gasteiger partial charge is 0.0328 e. The van der Waals surface area contributed by atoms with E-state index in [2.05, 4.69) is 53.4 Å². The molecule has 1 aliphatic carbocycles. The van der Waals surface area contributed by atoms with Crippen molar-refractivity contribution >= 4 is 15.9 Å². The molecule has 0 saturated heterocycles. The molecule has 1 atom stereocenters. The molecule has 1 aromatic carbocycles. The Bertz CT molecular complexity index is 358. The van der Waals surface area contributed by atoms with Crippen LogP contribution in [0.2, 0.25) is 0 Å². The van der Waals surface area contributed by atoms with Crippen molar-refractivity contribution in [2.75, 3.05) is 7.05 Å². The zero-order valence-electron chi connectivity index (χ0n) is 10.1. The van der Waals surface area contributed by atoms with E-state index in [1.165, 1.54) is 41.3 Å². The summed E-state index contributed by atoms with van der Waals surface area (Å²) < 4.78 is 1.24. The molecular formula is C14H20BrN. The molecule has 0 aromatic heterocycles. The van der Waals surface area contributed by atoms with Crippen molar-refractivity contribution in [2.24, 2.45) is 5.92 Å². The van der Waals surface area contributed by atoms with Crippen LogP contribution in [0.1, 0.15) is 42.9 Å². The van der Waals surface area contributed by atoms with Gasteiger partial charge in [0.15, 0.2) is 0 Å². The normalized spacial score (nSPS) is 17.4. The van der Waals surface area contributed by atoms with E-state index in [1.807, 2.05) is 0 Å². The molecule has 1 aromatic rings. The number of aryl methyl sites for hydroxylation is 1. The van der Waals surface area contributed by atoms with Crippen LogP contribution in [0.15, 0.2) is 22.7 Å². The standard InChI is InChI=1S/C14H20BrN/c1-10-3-7-12(13(15)9-10)14(16-2)8-6-11-4-5-11/h3,7,9,11,14,16H,4-6,8H2,1-2H3. The largest absolute Gasteiger partial charge is 0.313 e. The van der Waals surface area contributed by atoms with Crippen LogP contribution >= 0.6 is 15.9 Å². The van der Waals surface area contributed by atoms with Gasteiger partial charge in [0.2, 0.25) is 0 Å². The maximum atomic E-state index is 3.67. The van der Waals surface area contributed by atoms with E-state index in [0.717, 1.165) is 5.92 Å². The van der Waals surface area contributed by atoms with E-state index in [0.29, 0.717) is 6.04 Å². The Labute approximate surface area is 107 Å². The first-order valence-electron chi connectivity index (χ1n) is 6.14. The van der Waals surface area contributed by atoms with Gasteiger partial charge < -0.3 is 5.32 Å². The molecule has 0 amide bonds. The van der Waals surface area contributed by atoms with Crippen LogP contribution in [0.5, 0.6) is 0 Å². The predicted octanol–water partition coefficient (Wildman–Crippen LogP) is 4.21. The minimum absolute atomic E-state index is 0.496. The molecule has 2 heteroatoms. The molecule has 1 aliphatic rings. The lowest BCUT2D eigenvalue weighted by Crippen LogP contribution is -2.17. The van der Waals surface area contributed by atoms with Crippen LogP contribution in [0, 0.1) is 12.8 Å². The van der Waals surface area contributed by atoms with Crippen LogP contribution in [0.4, 0.5) is 0 Å². The quantitative estimate of drug-likeness (QED) is 0.853. The third-order valence-electron chi connectivity index (χ3n) is 3.44. The molecule has 1 saturated carbocycles. The van der Waals surface area contributed by atoms with Gasteiger partial charge in [-0.3, -0.25) is 0 Å². The highest BCUT2D eigenvalue weighted by Gasteiger charge is 2.23. The Kier molecular flexibility index (Phi) is 4.04. The molecule has 1 unspecified atom stereocenters. The van der Waals surface area contributed by atoms with E-state index in [-0.39, 0.29) is 0 Å². The summed E-state index contributed by atoms with van der Waals surface area (Å²) >= 11 is 3.67. The van der Waals surface area contributed by atoms with Gasteiger partial charge in [-0.25, -0.2) is 0 Å². The van der Waals surface area contributed by atoms with E-state index in [9.17, 15) is 0 Å². The molecule has 0 radical (unpaired) electrons. The van der Waals surface area contributed by atoms with Crippen LogP contribution < -0.4 is 5.32 Å². The summed E-state index contributed by atoms with van der Waals surface area (Å²) in [6, 6.07) is 7.14. The lowest BCUT2D eigenvalue weighted by Gasteiger charge is -2.18. The first kappa shape index (κ1) is 12.1. The molecule has 0 spiro atoms. The van der Waals surface area contributed by atoms with E-state index in [1.54, 1.807) is 0 Å². The van der Waals surface area contributed by atoms with Crippen molar-refractivity contribution in [3.63, 3.8) is 0 Å². The molecule has 0 aliphatic heterocycles. The zero-order chi connectivity index (χ0) is 11.5. The fourth-order valence-corrected chi connectivity index (χ4v) is 2.95. The molecule has 16 heavy (non-hydrogen) atoms. The van der Waals surface area contributed by atoms with E-state index in [4.69, 9.17) is 0 Å².